The molecular weight excluding hydrogens is 270 g/mol. The van der Waals surface area contributed by atoms with Gasteiger partial charge in [-0.2, -0.15) is 0 Å². The number of amides is 1. The summed E-state index contributed by atoms with van der Waals surface area (Å²) < 4.78 is 0. The second-order valence-corrected chi connectivity index (χ2v) is 7.06. The van der Waals surface area contributed by atoms with Crippen molar-refractivity contribution in [2.24, 2.45) is 5.92 Å². The molecule has 0 saturated heterocycles. The van der Waals surface area contributed by atoms with Gasteiger partial charge in [-0.05, 0) is 45.1 Å². The predicted octanol–water partition coefficient (Wildman–Crippen LogP) is 2.34. The fourth-order valence-corrected chi connectivity index (χ4v) is 3.98. The Hall–Kier alpha value is -0.940. The highest BCUT2D eigenvalue weighted by molar-refractivity contribution is 7.09. The van der Waals surface area contributed by atoms with E-state index in [0.717, 1.165) is 36.0 Å². The lowest BCUT2D eigenvalue weighted by Crippen LogP contribution is -2.47. The van der Waals surface area contributed by atoms with Crippen molar-refractivity contribution in [2.45, 2.75) is 51.0 Å². The van der Waals surface area contributed by atoms with Crippen LogP contribution >= 0.6 is 11.3 Å². The van der Waals surface area contributed by atoms with Gasteiger partial charge in [0.05, 0.1) is 12.1 Å². The average Bonchev–Trinajstić information content (AvgIpc) is 2.93. The first-order valence-electron chi connectivity index (χ1n) is 7.62. The molecule has 2 fully saturated rings. The third kappa shape index (κ3) is 3.20. The minimum absolute atomic E-state index is 0.111. The van der Waals surface area contributed by atoms with E-state index in [1.54, 1.807) is 11.3 Å². The third-order valence-electron chi connectivity index (χ3n) is 4.28. The van der Waals surface area contributed by atoms with Gasteiger partial charge in [0, 0.05) is 11.1 Å². The van der Waals surface area contributed by atoms with E-state index in [0.29, 0.717) is 6.54 Å². The highest BCUT2D eigenvalue weighted by Gasteiger charge is 2.39. The number of thiazole rings is 1. The second-order valence-electron chi connectivity index (χ2n) is 6.21. The molecule has 20 heavy (non-hydrogen) atoms. The van der Waals surface area contributed by atoms with E-state index < -0.39 is 0 Å². The fraction of sp³-hybridized carbons (Fsp3) is 0.733. The summed E-state index contributed by atoms with van der Waals surface area (Å²) in [7, 11) is 0. The van der Waals surface area contributed by atoms with Gasteiger partial charge in [-0.3, -0.25) is 4.79 Å². The molecule has 0 bridgehead atoms. The first-order valence-corrected chi connectivity index (χ1v) is 8.50. The Kier molecular flexibility index (Phi) is 4.08. The van der Waals surface area contributed by atoms with E-state index in [4.69, 9.17) is 0 Å². The van der Waals surface area contributed by atoms with E-state index in [2.05, 4.69) is 21.0 Å². The van der Waals surface area contributed by atoms with Crippen LogP contribution in [0.3, 0.4) is 0 Å². The number of aromatic nitrogens is 1. The van der Waals surface area contributed by atoms with E-state index in [1.807, 2.05) is 6.92 Å². The second kappa shape index (κ2) is 5.82. The quantitative estimate of drug-likeness (QED) is 0.846. The molecule has 1 aromatic heterocycles. The van der Waals surface area contributed by atoms with Gasteiger partial charge >= 0.3 is 0 Å². The van der Waals surface area contributed by atoms with E-state index in [9.17, 15) is 4.79 Å². The Bertz CT molecular complexity index is 475. The lowest BCUT2D eigenvalue weighted by Gasteiger charge is -2.28. The van der Waals surface area contributed by atoms with E-state index >= 15 is 0 Å². The van der Waals surface area contributed by atoms with Gasteiger partial charge in [0.25, 0.3) is 0 Å². The Morgan fingerprint density at radius 3 is 2.80 bits per heavy atom. The zero-order valence-corrected chi connectivity index (χ0v) is 12.9. The van der Waals surface area contributed by atoms with Crippen molar-refractivity contribution >= 4 is 17.2 Å². The van der Waals surface area contributed by atoms with Gasteiger partial charge in [-0.25, -0.2) is 4.98 Å². The zero-order chi connectivity index (χ0) is 14.0. The molecule has 0 spiro atoms. The number of hydrogen-bond acceptors (Lipinski definition) is 4. The van der Waals surface area contributed by atoms with Gasteiger partial charge in [0.15, 0.2) is 0 Å². The third-order valence-corrected chi connectivity index (χ3v) is 5.44. The standard InChI is InChI=1S/C15H23N3OS/c1-11-10-20-14(17-11)15(6-2-3-7-15)18-13(19)9-16-8-12-4-5-12/h10,12,16H,2-9H2,1H3,(H,18,19). The molecule has 0 unspecified atom stereocenters. The molecule has 1 aromatic rings. The average molecular weight is 293 g/mol. The maximum Gasteiger partial charge on any atom is 0.234 e. The molecule has 4 nitrogen and oxygen atoms in total. The molecule has 2 saturated carbocycles. The molecule has 1 amide bonds. The molecule has 2 aliphatic rings. The molecule has 3 rings (SSSR count). The minimum atomic E-state index is -0.197. The van der Waals surface area contributed by atoms with Gasteiger partial charge in [0.1, 0.15) is 5.01 Å². The van der Waals surface area contributed by atoms with Crippen LogP contribution in [0.1, 0.15) is 49.2 Å². The molecular formula is C15H23N3OS. The number of nitrogens with zero attached hydrogens (tertiary/aromatic N) is 1. The van der Waals surface area contributed by atoms with Gasteiger partial charge in [-0.1, -0.05) is 12.8 Å². The van der Waals surface area contributed by atoms with Crippen molar-refractivity contribution in [1.29, 1.82) is 0 Å². The van der Waals surface area contributed by atoms with Crippen LogP contribution in [0.15, 0.2) is 5.38 Å². The Labute approximate surface area is 124 Å². The van der Waals surface area contributed by atoms with Gasteiger partial charge in [-0.15, -0.1) is 11.3 Å². The lowest BCUT2D eigenvalue weighted by molar-refractivity contribution is -0.122. The minimum Gasteiger partial charge on any atom is -0.343 e. The maximum atomic E-state index is 12.2. The van der Waals surface area contributed by atoms with Crippen LogP contribution in [0.5, 0.6) is 0 Å². The highest BCUT2D eigenvalue weighted by atomic mass is 32.1. The predicted molar refractivity (Wildman–Crippen MR) is 80.7 cm³/mol. The van der Waals surface area contributed by atoms with E-state index in [1.165, 1.54) is 25.7 Å². The largest absolute Gasteiger partial charge is 0.343 e. The molecule has 110 valence electrons. The maximum absolute atomic E-state index is 12.2. The molecule has 0 radical (unpaired) electrons. The zero-order valence-electron chi connectivity index (χ0n) is 12.1. The Morgan fingerprint density at radius 2 is 2.20 bits per heavy atom. The van der Waals surface area contributed by atoms with E-state index in [-0.39, 0.29) is 11.4 Å². The van der Waals surface area contributed by atoms with Crippen LogP contribution in [0.25, 0.3) is 0 Å². The Balaban J connectivity index is 1.60. The first kappa shape index (κ1) is 14.0. The normalized spacial score (nSPS) is 21.1. The molecule has 2 aliphatic carbocycles. The van der Waals surface area contributed by atoms with Crippen LogP contribution < -0.4 is 10.6 Å². The van der Waals surface area contributed by atoms with Gasteiger partial charge in [0.2, 0.25) is 5.91 Å². The van der Waals surface area contributed by atoms with Crippen LogP contribution in [0.2, 0.25) is 0 Å². The van der Waals surface area contributed by atoms with Crippen LogP contribution in [-0.4, -0.2) is 24.0 Å². The van der Waals surface area contributed by atoms with Crippen LogP contribution in [-0.2, 0) is 10.3 Å². The lowest BCUT2D eigenvalue weighted by atomic mass is 9.98. The molecule has 1 heterocycles. The molecule has 2 N–H and O–H groups in total. The summed E-state index contributed by atoms with van der Waals surface area (Å²) in [4.78, 5) is 16.8. The summed E-state index contributed by atoms with van der Waals surface area (Å²) >= 11 is 1.68. The Morgan fingerprint density at radius 1 is 1.45 bits per heavy atom. The number of nitrogens with one attached hydrogen (secondary N) is 2. The monoisotopic (exact) mass is 293 g/mol. The number of aryl methyl sites for hydroxylation is 1. The number of carbonyl (C=O) groups excluding carboxylic acids is 1. The van der Waals surface area contributed by atoms with Crippen molar-refractivity contribution < 1.29 is 4.79 Å². The van der Waals surface area contributed by atoms with Crippen molar-refractivity contribution in [3.63, 3.8) is 0 Å². The van der Waals surface area contributed by atoms with Crippen LogP contribution in [0, 0.1) is 12.8 Å². The van der Waals surface area contributed by atoms with Crippen LogP contribution in [0.4, 0.5) is 0 Å². The topological polar surface area (TPSA) is 54.0 Å². The molecule has 5 heteroatoms. The summed E-state index contributed by atoms with van der Waals surface area (Å²) in [5.74, 6) is 0.922. The summed E-state index contributed by atoms with van der Waals surface area (Å²) in [6.07, 6.45) is 7.03. The number of carbonyl (C=O) groups is 1. The van der Waals surface area contributed by atoms with Gasteiger partial charge < -0.3 is 10.6 Å². The summed E-state index contributed by atoms with van der Waals surface area (Å²) in [5.41, 5.74) is 0.856. The van der Waals surface area contributed by atoms with Crippen molar-refractivity contribution in [3.8, 4) is 0 Å². The smallest absolute Gasteiger partial charge is 0.234 e. The van der Waals surface area contributed by atoms with Crippen molar-refractivity contribution in [2.75, 3.05) is 13.1 Å². The number of hydrogen-bond donors (Lipinski definition) is 2. The summed E-state index contributed by atoms with van der Waals surface area (Å²) in [6.45, 7) is 3.43. The fourth-order valence-electron chi connectivity index (χ4n) is 2.97. The molecule has 0 atom stereocenters. The van der Waals surface area contributed by atoms with Crippen molar-refractivity contribution in [1.82, 2.24) is 15.6 Å². The van der Waals surface area contributed by atoms with Crippen molar-refractivity contribution in [3.05, 3.63) is 16.1 Å². The first-order chi connectivity index (χ1) is 9.68. The molecule has 0 aromatic carbocycles. The highest BCUT2D eigenvalue weighted by Crippen LogP contribution is 2.40. The summed E-state index contributed by atoms with van der Waals surface area (Å²) in [5, 5.41) is 9.69. The number of rotatable bonds is 6. The summed E-state index contributed by atoms with van der Waals surface area (Å²) in [6, 6.07) is 0. The SMILES string of the molecule is Cc1csc(C2(NC(=O)CNCC3CC3)CCCC2)n1. The molecule has 0 aliphatic heterocycles.